The van der Waals surface area contributed by atoms with Gasteiger partial charge in [0.15, 0.2) is 0 Å². The molecule has 4 heteroatoms. The minimum Gasteiger partial charge on any atom is -0.326 e. The molecular weight excluding hydrogens is 371 g/mol. The van der Waals surface area contributed by atoms with Crippen molar-refractivity contribution in [2.75, 3.05) is 0 Å². The summed E-state index contributed by atoms with van der Waals surface area (Å²) in [5.41, 5.74) is 2.45. The molecule has 1 heterocycles. The standard InChI is InChI=1S/C15H20ClIN2/c1-10(2)15(3,4)9-19-13-6-5-11(17)7-12(13)18-14(19)8-16/h5-7,10H,8-9H2,1-4H3. The Hall–Kier alpha value is -0.290. The third-order valence-electron chi connectivity index (χ3n) is 4.04. The Morgan fingerprint density at radius 1 is 1.37 bits per heavy atom. The van der Waals surface area contributed by atoms with Crippen molar-refractivity contribution in [3.63, 3.8) is 0 Å². The zero-order chi connectivity index (χ0) is 14.2. The Morgan fingerprint density at radius 3 is 2.63 bits per heavy atom. The van der Waals surface area contributed by atoms with Crippen LogP contribution in [0.5, 0.6) is 0 Å². The highest BCUT2D eigenvalue weighted by Gasteiger charge is 2.25. The molecule has 0 saturated heterocycles. The van der Waals surface area contributed by atoms with E-state index >= 15 is 0 Å². The maximum atomic E-state index is 6.07. The smallest absolute Gasteiger partial charge is 0.124 e. The number of hydrogen-bond acceptors (Lipinski definition) is 1. The van der Waals surface area contributed by atoms with Crippen LogP contribution in [0.1, 0.15) is 33.5 Å². The number of nitrogens with zero attached hydrogens (tertiary/aromatic N) is 2. The van der Waals surface area contributed by atoms with Crippen molar-refractivity contribution < 1.29 is 0 Å². The lowest BCUT2D eigenvalue weighted by atomic mass is 9.81. The van der Waals surface area contributed by atoms with Gasteiger partial charge in [-0.3, -0.25) is 0 Å². The molecule has 0 radical (unpaired) electrons. The molecule has 0 aliphatic rings. The first-order chi connectivity index (χ1) is 8.85. The van der Waals surface area contributed by atoms with Crippen LogP contribution < -0.4 is 0 Å². The number of halogens is 2. The third kappa shape index (κ3) is 3.07. The second-order valence-electron chi connectivity index (χ2n) is 6.02. The van der Waals surface area contributed by atoms with Gasteiger partial charge in [0.2, 0.25) is 0 Å². The van der Waals surface area contributed by atoms with Crippen LogP contribution in [0, 0.1) is 14.9 Å². The zero-order valence-corrected chi connectivity index (χ0v) is 14.8. The first-order valence-corrected chi connectivity index (χ1v) is 8.17. The highest BCUT2D eigenvalue weighted by molar-refractivity contribution is 14.1. The van der Waals surface area contributed by atoms with Crippen molar-refractivity contribution >= 4 is 45.2 Å². The van der Waals surface area contributed by atoms with E-state index in [4.69, 9.17) is 11.6 Å². The van der Waals surface area contributed by atoms with Gasteiger partial charge in [0.05, 0.1) is 16.9 Å². The van der Waals surface area contributed by atoms with Gasteiger partial charge in [-0.2, -0.15) is 0 Å². The second kappa shape index (κ2) is 5.60. The molecule has 0 aliphatic carbocycles. The Bertz CT molecular complexity index is 587. The van der Waals surface area contributed by atoms with Crippen LogP contribution in [0.3, 0.4) is 0 Å². The number of rotatable bonds is 4. The summed E-state index contributed by atoms with van der Waals surface area (Å²) in [5, 5.41) is 0. The molecule has 0 N–H and O–H groups in total. The van der Waals surface area contributed by atoms with Gasteiger partial charge < -0.3 is 4.57 Å². The molecule has 0 fully saturated rings. The average molecular weight is 391 g/mol. The normalized spacial score (nSPS) is 12.6. The summed E-state index contributed by atoms with van der Waals surface area (Å²) in [4.78, 5) is 4.66. The molecule has 0 spiro atoms. The number of aromatic nitrogens is 2. The van der Waals surface area contributed by atoms with Crippen molar-refractivity contribution in [3.8, 4) is 0 Å². The van der Waals surface area contributed by atoms with Gasteiger partial charge in [-0.1, -0.05) is 27.7 Å². The summed E-state index contributed by atoms with van der Waals surface area (Å²) in [6.07, 6.45) is 0. The number of benzene rings is 1. The van der Waals surface area contributed by atoms with Gasteiger partial charge in [-0.15, -0.1) is 11.6 Å². The van der Waals surface area contributed by atoms with Crippen molar-refractivity contribution in [1.82, 2.24) is 9.55 Å². The molecule has 0 amide bonds. The molecular formula is C15H20ClIN2. The monoisotopic (exact) mass is 390 g/mol. The fraction of sp³-hybridized carbons (Fsp3) is 0.533. The number of alkyl halides is 1. The van der Waals surface area contributed by atoms with Gasteiger partial charge in [-0.25, -0.2) is 4.98 Å². The highest BCUT2D eigenvalue weighted by Crippen LogP contribution is 2.31. The largest absolute Gasteiger partial charge is 0.326 e. The van der Waals surface area contributed by atoms with Gasteiger partial charge >= 0.3 is 0 Å². The fourth-order valence-corrected chi connectivity index (χ4v) is 2.70. The molecule has 2 nitrogen and oxygen atoms in total. The number of imidazole rings is 1. The maximum Gasteiger partial charge on any atom is 0.124 e. The highest BCUT2D eigenvalue weighted by atomic mass is 127. The Balaban J connectivity index is 2.52. The van der Waals surface area contributed by atoms with Crippen molar-refractivity contribution in [2.45, 2.75) is 40.1 Å². The second-order valence-corrected chi connectivity index (χ2v) is 7.54. The predicted octanol–water partition coefficient (Wildman–Crippen LogP) is 5.06. The summed E-state index contributed by atoms with van der Waals surface area (Å²) >= 11 is 8.38. The van der Waals surface area contributed by atoms with Crippen molar-refractivity contribution in [2.24, 2.45) is 11.3 Å². The van der Waals surface area contributed by atoms with E-state index in [1.54, 1.807) is 0 Å². The molecule has 104 valence electrons. The van der Waals surface area contributed by atoms with E-state index in [9.17, 15) is 0 Å². The average Bonchev–Trinajstić information content (AvgIpc) is 2.65. The molecule has 0 unspecified atom stereocenters. The van der Waals surface area contributed by atoms with Gasteiger partial charge in [0.25, 0.3) is 0 Å². The van der Waals surface area contributed by atoms with Crippen LogP contribution in [0.2, 0.25) is 0 Å². The first kappa shape index (κ1) is 15.1. The van der Waals surface area contributed by atoms with Gasteiger partial charge in [-0.05, 0) is 52.1 Å². The van der Waals surface area contributed by atoms with Crippen molar-refractivity contribution in [3.05, 3.63) is 27.6 Å². The minimum absolute atomic E-state index is 0.220. The van der Waals surface area contributed by atoms with Crippen LogP contribution in [0.4, 0.5) is 0 Å². The number of fused-ring (bicyclic) bond motifs is 1. The molecule has 0 atom stereocenters. The Morgan fingerprint density at radius 2 is 2.05 bits per heavy atom. The van der Waals surface area contributed by atoms with Crippen LogP contribution >= 0.6 is 34.2 Å². The van der Waals surface area contributed by atoms with Gasteiger partial charge in [0.1, 0.15) is 5.82 Å². The molecule has 0 saturated carbocycles. The molecule has 19 heavy (non-hydrogen) atoms. The van der Waals surface area contributed by atoms with E-state index in [-0.39, 0.29) is 5.41 Å². The molecule has 1 aromatic heterocycles. The lowest BCUT2D eigenvalue weighted by Gasteiger charge is -2.30. The van der Waals surface area contributed by atoms with E-state index in [2.05, 4.69) is 78.0 Å². The van der Waals surface area contributed by atoms with Crippen LogP contribution in [0.15, 0.2) is 18.2 Å². The van der Waals surface area contributed by atoms with E-state index < -0.39 is 0 Å². The van der Waals surface area contributed by atoms with E-state index in [0.29, 0.717) is 11.8 Å². The topological polar surface area (TPSA) is 17.8 Å². The van der Waals surface area contributed by atoms with E-state index in [1.807, 2.05) is 0 Å². The van der Waals surface area contributed by atoms with Gasteiger partial charge in [0, 0.05) is 10.1 Å². The summed E-state index contributed by atoms with van der Waals surface area (Å²) < 4.78 is 3.48. The zero-order valence-electron chi connectivity index (χ0n) is 11.9. The fourth-order valence-electron chi connectivity index (χ4n) is 2.02. The minimum atomic E-state index is 0.220. The SMILES string of the molecule is CC(C)C(C)(C)Cn1c(CCl)nc2cc(I)ccc21. The summed E-state index contributed by atoms with van der Waals surface area (Å²) in [6, 6.07) is 6.39. The molecule has 2 aromatic rings. The van der Waals surface area contributed by atoms with Crippen molar-refractivity contribution in [1.29, 1.82) is 0 Å². The van der Waals surface area contributed by atoms with E-state index in [0.717, 1.165) is 17.9 Å². The lowest BCUT2D eigenvalue weighted by molar-refractivity contribution is 0.211. The van der Waals surface area contributed by atoms with Crippen LogP contribution in [0.25, 0.3) is 11.0 Å². The summed E-state index contributed by atoms with van der Waals surface area (Å²) in [7, 11) is 0. The molecule has 2 rings (SSSR count). The number of hydrogen-bond donors (Lipinski definition) is 0. The quantitative estimate of drug-likeness (QED) is 0.527. The third-order valence-corrected chi connectivity index (χ3v) is 4.95. The lowest BCUT2D eigenvalue weighted by Crippen LogP contribution is -2.26. The maximum absolute atomic E-state index is 6.07. The van der Waals surface area contributed by atoms with Crippen LogP contribution in [-0.2, 0) is 12.4 Å². The Kier molecular flexibility index (Phi) is 4.45. The molecule has 0 bridgehead atoms. The predicted molar refractivity (Wildman–Crippen MR) is 90.6 cm³/mol. The molecule has 1 aromatic carbocycles. The molecule has 0 aliphatic heterocycles. The summed E-state index contributed by atoms with van der Waals surface area (Å²) in [6.45, 7) is 10.1. The van der Waals surface area contributed by atoms with E-state index in [1.165, 1.54) is 9.09 Å². The van der Waals surface area contributed by atoms with Crippen LogP contribution in [-0.4, -0.2) is 9.55 Å². The Labute approximate surface area is 133 Å². The summed E-state index contributed by atoms with van der Waals surface area (Å²) in [5.74, 6) is 2.03. The first-order valence-electron chi connectivity index (χ1n) is 6.56.